The molecule has 0 saturated heterocycles. The standard InChI is InChI=1S/C12H10F4N4/c13-10-8(2-1-3-9(10)12(14,15)16)11(20-17)7-4-18-6-19-5-7/h1-6,11,20H,17H2. The van der Waals surface area contributed by atoms with E-state index in [1.54, 1.807) is 0 Å². The molecule has 2 aromatic rings. The quantitative estimate of drug-likeness (QED) is 0.516. The number of aromatic nitrogens is 2. The Kier molecular flexibility index (Phi) is 3.96. The SMILES string of the molecule is NNC(c1cncnc1)c1cccc(C(F)(F)F)c1F. The van der Waals surface area contributed by atoms with E-state index in [1.807, 2.05) is 0 Å². The van der Waals surface area contributed by atoms with E-state index in [4.69, 9.17) is 5.84 Å². The van der Waals surface area contributed by atoms with Crippen LogP contribution in [0.4, 0.5) is 17.6 Å². The summed E-state index contributed by atoms with van der Waals surface area (Å²) >= 11 is 0. The molecule has 0 aliphatic heterocycles. The second kappa shape index (κ2) is 5.51. The van der Waals surface area contributed by atoms with Crippen LogP contribution in [0.3, 0.4) is 0 Å². The van der Waals surface area contributed by atoms with Gasteiger partial charge >= 0.3 is 6.18 Å². The van der Waals surface area contributed by atoms with Crippen LogP contribution >= 0.6 is 0 Å². The smallest absolute Gasteiger partial charge is 0.271 e. The molecule has 0 radical (unpaired) electrons. The summed E-state index contributed by atoms with van der Waals surface area (Å²) in [7, 11) is 0. The maximum atomic E-state index is 14.0. The van der Waals surface area contributed by atoms with Crippen molar-refractivity contribution in [1.29, 1.82) is 0 Å². The van der Waals surface area contributed by atoms with E-state index < -0.39 is 23.6 Å². The molecule has 106 valence electrons. The number of rotatable bonds is 3. The topological polar surface area (TPSA) is 63.8 Å². The summed E-state index contributed by atoms with van der Waals surface area (Å²) in [6.07, 6.45) is -0.833. The molecule has 1 unspecified atom stereocenters. The Morgan fingerprint density at radius 2 is 1.80 bits per heavy atom. The molecule has 20 heavy (non-hydrogen) atoms. The second-order valence-corrected chi connectivity index (χ2v) is 3.98. The fourth-order valence-corrected chi connectivity index (χ4v) is 1.82. The molecule has 3 N–H and O–H groups in total. The zero-order valence-electron chi connectivity index (χ0n) is 10.0. The largest absolute Gasteiger partial charge is 0.419 e. The van der Waals surface area contributed by atoms with Crippen LogP contribution in [0.2, 0.25) is 0 Å². The molecule has 0 aliphatic rings. The number of nitrogens with two attached hydrogens (primary N) is 1. The summed E-state index contributed by atoms with van der Waals surface area (Å²) in [5.74, 6) is 3.94. The average Bonchev–Trinajstić information content (AvgIpc) is 2.41. The molecule has 0 bridgehead atoms. The fourth-order valence-electron chi connectivity index (χ4n) is 1.82. The van der Waals surface area contributed by atoms with Crippen molar-refractivity contribution in [3.8, 4) is 0 Å². The molecular formula is C12H10F4N4. The minimum absolute atomic E-state index is 0.225. The summed E-state index contributed by atoms with van der Waals surface area (Å²) in [4.78, 5) is 7.46. The van der Waals surface area contributed by atoms with E-state index >= 15 is 0 Å². The number of alkyl halides is 3. The first kappa shape index (κ1) is 14.4. The molecule has 2 rings (SSSR count). The summed E-state index contributed by atoms with van der Waals surface area (Å²) in [5.41, 5.74) is 1.06. The van der Waals surface area contributed by atoms with Crippen molar-refractivity contribution in [2.45, 2.75) is 12.2 Å². The Labute approximate surface area is 111 Å². The molecular weight excluding hydrogens is 276 g/mol. The lowest BCUT2D eigenvalue weighted by atomic mass is 9.98. The van der Waals surface area contributed by atoms with Gasteiger partial charge in [-0.25, -0.2) is 19.8 Å². The van der Waals surface area contributed by atoms with E-state index in [9.17, 15) is 17.6 Å². The number of hydrogen-bond acceptors (Lipinski definition) is 4. The average molecular weight is 286 g/mol. The summed E-state index contributed by atoms with van der Waals surface area (Å²) in [5, 5.41) is 0. The number of hydrazine groups is 1. The van der Waals surface area contributed by atoms with Crippen molar-refractivity contribution >= 4 is 0 Å². The van der Waals surface area contributed by atoms with Crippen molar-refractivity contribution in [2.24, 2.45) is 5.84 Å². The molecule has 1 aromatic heterocycles. The van der Waals surface area contributed by atoms with Crippen molar-refractivity contribution in [3.05, 3.63) is 59.4 Å². The van der Waals surface area contributed by atoms with Gasteiger partial charge in [-0.1, -0.05) is 12.1 Å². The highest BCUT2D eigenvalue weighted by Crippen LogP contribution is 2.34. The molecule has 0 fully saturated rings. The Balaban J connectivity index is 2.52. The van der Waals surface area contributed by atoms with Crippen LogP contribution in [0.5, 0.6) is 0 Å². The van der Waals surface area contributed by atoms with Crippen molar-refractivity contribution < 1.29 is 17.6 Å². The molecule has 8 heteroatoms. The van der Waals surface area contributed by atoms with Gasteiger partial charge in [-0.15, -0.1) is 0 Å². The third-order valence-corrected chi connectivity index (χ3v) is 2.73. The van der Waals surface area contributed by atoms with Gasteiger partial charge in [0.2, 0.25) is 0 Å². The fraction of sp³-hybridized carbons (Fsp3) is 0.167. The Hall–Kier alpha value is -2.06. The molecule has 0 amide bonds. The zero-order valence-corrected chi connectivity index (χ0v) is 10.0. The van der Waals surface area contributed by atoms with E-state index in [-0.39, 0.29) is 5.56 Å². The molecule has 1 aromatic carbocycles. The highest BCUT2D eigenvalue weighted by atomic mass is 19.4. The van der Waals surface area contributed by atoms with Gasteiger partial charge in [0.25, 0.3) is 0 Å². The van der Waals surface area contributed by atoms with E-state index in [2.05, 4.69) is 15.4 Å². The Bertz CT molecular complexity index is 586. The van der Waals surface area contributed by atoms with Crippen molar-refractivity contribution in [1.82, 2.24) is 15.4 Å². The minimum Gasteiger partial charge on any atom is -0.271 e. The van der Waals surface area contributed by atoms with Gasteiger partial charge in [0.1, 0.15) is 12.1 Å². The van der Waals surface area contributed by atoms with E-state index in [0.717, 1.165) is 6.07 Å². The van der Waals surface area contributed by atoms with Crippen molar-refractivity contribution in [2.75, 3.05) is 0 Å². The van der Waals surface area contributed by atoms with Gasteiger partial charge < -0.3 is 0 Å². The molecule has 1 atom stereocenters. The third-order valence-electron chi connectivity index (χ3n) is 2.73. The second-order valence-electron chi connectivity index (χ2n) is 3.98. The first-order valence-electron chi connectivity index (χ1n) is 5.51. The van der Waals surface area contributed by atoms with Gasteiger partial charge in [0.05, 0.1) is 11.6 Å². The lowest BCUT2D eigenvalue weighted by molar-refractivity contribution is -0.140. The number of benzene rings is 1. The lowest BCUT2D eigenvalue weighted by Crippen LogP contribution is -2.30. The van der Waals surface area contributed by atoms with Gasteiger partial charge in [-0.3, -0.25) is 5.84 Å². The lowest BCUT2D eigenvalue weighted by Gasteiger charge is -2.19. The predicted molar refractivity (Wildman–Crippen MR) is 62.6 cm³/mol. The first-order valence-corrected chi connectivity index (χ1v) is 5.51. The predicted octanol–water partition coefficient (Wildman–Crippen LogP) is 2.19. The number of hydrogen-bond donors (Lipinski definition) is 2. The van der Waals surface area contributed by atoms with Gasteiger partial charge in [-0.2, -0.15) is 13.2 Å². The Morgan fingerprint density at radius 3 is 2.35 bits per heavy atom. The number of nitrogens with zero attached hydrogens (tertiary/aromatic N) is 2. The molecule has 1 heterocycles. The highest BCUT2D eigenvalue weighted by molar-refractivity contribution is 5.35. The third kappa shape index (κ3) is 2.75. The maximum Gasteiger partial charge on any atom is 0.419 e. The summed E-state index contributed by atoms with van der Waals surface area (Å²) in [6.45, 7) is 0. The molecule has 0 saturated carbocycles. The number of nitrogens with one attached hydrogen (secondary N) is 1. The van der Waals surface area contributed by atoms with Crippen LogP contribution in [0, 0.1) is 5.82 Å². The van der Waals surface area contributed by atoms with E-state index in [1.165, 1.54) is 24.8 Å². The zero-order chi connectivity index (χ0) is 14.8. The normalized spacial score (nSPS) is 13.2. The monoisotopic (exact) mass is 286 g/mol. The highest BCUT2D eigenvalue weighted by Gasteiger charge is 2.35. The van der Waals surface area contributed by atoms with Gasteiger partial charge in [0, 0.05) is 23.5 Å². The number of halogens is 4. The van der Waals surface area contributed by atoms with Crippen LogP contribution in [0.25, 0.3) is 0 Å². The summed E-state index contributed by atoms with van der Waals surface area (Å²) in [6, 6.07) is 2.05. The van der Waals surface area contributed by atoms with Crippen LogP contribution < -0.4 is 11.3 Å². The molecule has 4 nitrogen and oxygen atoms in total. The molecule has 0 aliphatic carbocycles. The summed E-state index contributed by atoms with van der Waals surface area (Å²) < 4.78 is 52.1. The first-order chi connectivity index (χ1) is 9.45. The maximum absolute atomic E-state index is 14.0. The minimum atomic E-state index is -4.77. The molecule has 0 spiro atoms. The van der Waals surface area contributed by atoms with Gasteiger partial charge in [-0.05, 0) is 6.07 Å². The van der Waals surface area contributed by atoms with Gasteiger partial charge in [0.15, 0.2) is 0 Å². The van der Waals surface area contributed by atoms with Crippen LogP contribution in [0.1, 0.15) is 22.7 Å². The van der Waals surface area contributed by atoms with Crippen LogP contribution in [-0.2, 0) is 6.18 Å². The van der Waals surface area contributed by atoms with Crippen LogP contribution in [-0.4, -0.2) is 9.97 Å². The van der Waals surface area contributed by atoms with Crippen molar-refractivity contribution in [3.63, 3.8) is 0 Å². The Morgan fingerprint density at radius 1 is 1.15 bits per heavy atom. The van der Waals surface area contributed by atoms with Crippen LogP contribution in [0.15, 0.2) is 36.9 Å². The van der Waals surface area contributed by atoms with E-state index in [0.29, 0.717) is 11.6 Å².